The maximum absolute atomic E-state index is 13.5. The van der Waals surface area contributed by atoms with Crippen LogP contribution in [0.4, 0.5) is 10.1 Å². The number of carbonyl (C=O) groups is 1. The zero-order valence-electron chi connectivity index (χ0n) is 15.0. The van der Waals surface area contributed by atoms with Gasteiger partial charge in [0.1, 0.15) is 5.82 Å². The molecule has 4 heteroatoms. The van der Waals surface area contributed by atoms with Crippen LogP contribution in [0.15, 0.2) is 42.5 Å². The number of likely N-dealkylation sites (tertiary alicyclic amines) is 1. The summed E-state index contributed by atoms with van der Waals surface area (Å²) >= 11 is 0. The molecular weight excluding hydrogens is 327 g/mol. The van der Waals surface area contributed by atoms with E-state index in [4.69, 9.17) is 0 Å². The van der Waals surface area contributed by atoms with Gasteiger partial charge in [-0.05, 0) is 73.1 Å². The van der Waals surface area contributed by atoms with Crippen LogP contribution in [-0.2, 0) is 17.6 Å². The Morgan fingerprint density at radius 2 is 1.88 bits per heavy atom. The summed E-state index contributed by atoms with van der Waals surface area (Å²) < 4.78 is 13.5. The van der Waals surface area contributed by atoms with Crippen LogP contribution in [0.25, 0.3) is 0 Å². The van der Waals surface area contributed by atoms with Crippen molar-refractivity contribution in [1.29, 1.82) is 0 Å². The fraction of sp³-hybridized carbons (Fsp3) is 0.409. The lowest BCUT2D eigenvalue weighted by Gasteiger charge is -2.17. The lowest BCUT2D eigenvalue weighted by Crippen LogP contribution is -2.27. The van der Waals surface area contributed by atoms with E-state index in [2.05, 4.69) is 29.6 Å². The Hall–Kier alpha value is -2.36. The molecule has 1 saturated heterocycles. The molecule has 26 heavy (non-hydrogen) atoms. The van der Waals surface area contributed by atoms with E-state index in [1.807, 2.05) is 11.0 Å². The van der Waals surface area contributed by atoms with E-state index in [1.165, 1.54) is 11.1 Å². The molecule has 4 rings (SSSR count). The van der Waals surface area contributed by atoms with E-state index >= 15 is 0 Å². The highest BCUT2D eigenvalue weighted by Gasteiger charge is 2.22. The summed E-state index contributed by atoms with van der Waals surface area (Å²) in [5, 5.41) is 3.52. The molecule has 1 amide bonds. The van der Waals surface area contributed by atoms with Crippen molar-refractivity contribution in [3.05, 3.63) is 65.0 Å². The van der Waals surface area contributed by atoms with E-state index < -0.39 is 0 Å². The van der Waals surface area contributed by atoms with Gasteiger partial charge in [0.05, 0.1) is 6.04 Å². The predicted octanol–water partition coefficient (Wildman–Crippen LogP) is 4.48. The van der Waals surface area contributed by atoms with E-state index in [9.17, 15) is 9.18 Å². The number of anilines is 1. The summed E-state index contributed by atoms with van der Waals surface area (Å²) in [6, 6.07) is 13.6. The van der Waals surface area contributed by atoms with Crippen LogP contribution in [0.2, 0.25) is 0 Å². The van der Waals surface area contributed by atoms with E-state index in [-0.39, 0.29) is 17.8 Å². The highest BCUT2D eigenvalue weighted by atomic mass is 19.1. The van der Waals surface area contributed by atoms with E-state index in [1.54, 1.807) is 12.1 Å². The van der Waals surface area contributed by atoms with Gasteiger partial charge >= 0.3 is 0 Å². The number of hydrogen-bond acceptors (Lipinski definition) is 2. The Kier molecular flexibility index (Phi) is 4.91. The molecule has 1 aliphatic carbocycles. The number of aryl methyl sites for hydroxylation is 2. The van der Waals surface area contributed by atoms with Gasteiger partial charge < -0.3 is 10.2 Å². The highest BCUT2D eigenvalue weighted by Crippen LogP contribution is 2.34. The number of nitrogens with zero attached hydrogens (tertiary/aromatic N) is 1. The molecule has 0 aromatic heterocycles. The van der Waals surface area contributed by atoms with Crippen molar-refractivity contribution in [3.63, 3.8) is 0 Å². The van der Waals surface area contributed by atoms with Gasteiger partial charge in [0, 0.05) is 25.2 Å². The van der Waals surface area contributed by atoms with Gasteiger partial charge in [-0.1, -0.05) is 18.2 Å². The first kappa shape index (κ1) is 17.1. The van der Waals surface area contributed by atoms with Gasteiger partial charge in [-0.2, -0.15) is 0 Å². The molecule has 0 saturated carbocycles. The maximum atomic E-state index is 13.5. The summed E-state index contributed by atoms with van der Waals surface area (Å²) in [7, 11) is 0. The Bertz CT molecular complexity index is 781. The van der Waals surface area contributed by atoms with Crippen molar-refractivity contribution in [2.45, 2.75) is 44.6 Å². The second-order valence-electron chi connectivity index (χ2n) is 7.36. The van der Waals surface area contributed by atoms with Crippen LogP contribution in [0.5, 0.6) is 0 Å². The monoisotopic (exact) mass is 352 g/mol. The first-order valence-corrected chi connectivity index (χ1v) is 9.60. The maximum Gasteiger partial charge on any atom is 0.222 e. The molecule has 0 bridgehead atoms. The minimum absolute atomic E-state index is 0.170. The normalized spacial score (nSPS) is 18.8. The minimum atomic E-state index is -0.171. The van der Waals surface area contributed by atoms with Crippen LogP contribution in [0.3, 0.4) is 0 Å². The minimum Gasteiger partial charge on any atom is -0.378 e. The van der Waals surface area contributed by atoms with Crippen LogP contribution in [0.1, 0.15) is 48.4 Å². The van der Waals surface area contributed by atoms with Crippen molar-refractivity contribution in [3.8, 4) is 0 Å². The molecule has 1 atom stereocenters. The second-order valence-corrected chi connectivity index (χ2v) is 7.36. The highest BCUT2D eigenvalue weighted by molar-refractivity contribution is 5.76. The van der Waals surface area contributed by atoms with Crippen LogP contribution in [0, 0.1) is 5.82 Å². The first-order valence-electron chi connectivity index (χ1n) is 9.60. The molecule has 1 fully saturated rings. The third kappa shape index (κ3) is 3.74. The summed E-state index contributed by atoms with van der Waals surface area (Å²) in [5.41, 5.74) is 4.54. The zero-order valence-corrected chi connectivity index (χ0v) is 15.0. The molecule has 1 N–H and O–H groups in total. The van der Waals surface area contributed by atoms with Gasteiger partial charge in [0.25, 0.3) is 0 Å². The lowest BCUT2D eigenvalue weighted by molar-refractivity contribution is -0.130. The molecule has 0 radical (unpaired) electrons. The van der Waals surface area contributed by atoms with E-state index in [0.29, 0.717) is 6.42 Å². The Labute approximate surface area is 154 Å². The topological polar surface area (TPSA) is 32.3 Å². The Morgan fingerprint density at radius 1 is 1.12 bits per heavy atom. The fourth-order valence-electron chi connectivity index (χ4n) is 4.07. The molecule has 136 valence electrons. The number of rotatable bonds is 5. The van der Waals surface area contributed by atoms with Crippen LogP contribution >= 0.6 is 0 Å². The van der Waals surface area contributed by atoms with Gasteiger partial charge in [0.2, 0.25) is 5.91 Å². The average molecular weight is 352 g/mol. The first-order chi connectivity index (χ1) is 12.7. The average Bonchev–Trinajstić information content (AvgIpc) is 3.31. The van der Waals surface area contributed by atoms with Crippen LogP contribution < -0.4 is 5.32 Å². The summed E-state index contributed by atoms with van der Waals surface area (Å²) in [4.78, 5) is 14.1. The number of nitrogens with one attached hydrogen (secondary N) is 1. The molecule has 1 unspecified atom stereocenters. The Morgan fingerprint density at radius 3 is 2.65 bits per heavy atom. The molecule has 3 nitrogen and oxygen atoms in total. The van der Waals surface area contributed by atoms with Crippen molar-refractivity contribution < 1.29 is 9.18 Å². The molecule has 0 spiro atoms. The second kappa shape index (κ2) is 7.48. The van der Waals surface area contributed by atoms with Crippen molar-refractivity contribution in [2.75, 3.05) is 18.4 Å². The molecular formula is C22H25FN2O. The largest absolute Gasteiger partial charge is 0.378 e. The predicted molar refractivity (Wildman–Crippen MR) is 102 cm³/mol. The van der Waals surface area contributed by atoms with Gasteiger partial charge in [-0.25, -0.2) is 4.39 Å². The summed E-state index contributed by atoms with van der Waals surface area (Å²) in [5.74, 6) is 0.102. The smallest absolute Gasteiger partial charge is 0.222 e. The number of carbonyl (C=O) groups excluding carboxylic acids is 1. The fourth-order valence-corrected chi connectivity index (χ4v) is 4.07. The van der Waals surface area contributed by atoms with Gasteiger partial charge in [-0.3, -0.25) is 4.79 Å². The number of fused-ring (bicyclic) bond motifs is 1. The standard InChI is InChI=1S/C22H25FN2O/c23-18-8-6-17-7-11-21(20(17)15-18)24-19-9-3-16(4-10-19)5-12-22(26)25-13-1-2-14-25/h3-4,6,8-10,15,21,24H,1-2,5,7,11-14H2. The number of halogens is 1. The van der Waals surface area contributed by atoms with Crippen molar-refractivity contribution >= 4 is 11.6 Å². The van der Waals surface area contributed by atoms with Crippen molar-refractivity contribution in [1.82, 2.24) is 4.90 Å². The van der Waals surface area contributed by atoms with Gasteiger partial charge in [-0.15, -0.1) is 0 Å². The number of benzene rings is 2. The van der Waals surface area contributed by atoms with E-state index in [0.717, 1.165) is 56.4 Å². The number of hydrogen-bond donors (Lipinski definition) is 1. The van der Waals surface area contributed by atoms with Gasteiger partial charge in [0.15, 0.2) is 0 Å². The lowest BCUT2D eigenvalue weighted by atomic mass is 10.1. The third-order valence-corrected chi connectivity index (χ3v) is 5.57. The third-order valence-electron chi connectivity index (χ3n) is 5.57. The zero-order chi connectivity index (χ0) is 17.9. The number of amides is 1. The SMILES string of the molecule is O=C(CCc1ccc(NC2CCc3ccc(F)cc32)cc1)N1CCCC1. The molecule has 2 aliphatic rings. The quantitative estimate of drug-likeness (QED) is 0.860. The molecule has 2 aromatic carbocycles. The molecule has 1 aliphatic heterocycles. The Balaban J connectivity index is 1.34. The summed E-state index contributed by atoms with van der Waals surface area (Å²) in [6.07, 6.45) is 5.63. The molecule has 2 aromatic rings. The molecule has 1 heterocycles. The van der Waals surface area contributed by atoms with Crippen molar-refractivity contribution in [2.24, 2.45) is 0 Å². The van der Waals surface area contributed by atoms with Crippen LogP contribution in [-0.4, -0.2) is 23.9 Å². The summed E-state index contributed by atoms with van der Waals surface area (Å²) in [6.45, 7) is 1.84.